The summed E-state index contributed by atoms with van der Waals surface area (Å²) in [6.45, 7) is 6.41. The average Bonchev–Trinajstić information content (AvgIpc) is 3.37. The number of pyridine rings is 1. The van der Waals surface area contributed by atoms with Gasteiger partial charge in [-0.3, -0.25) is 19.4 Å². The number of piperazine rings is 1. The van der Waals surface area contributed by atoms with Crippen LogP contribution in [-0.4, -0.2) is 56.7 Å². The molecule has 0 spiro atoms. The fourth-order valence-corrected chi connectivity index (χ4v) is 5.20. The number of halogens is 1. The number of fused-ring (bicyclic) bond motifs is 1. The van der Waals surface area contributed by atoms with E-state index in [9.17, 15) is 9.18 Å². The number of carbonyl (C=O) groups excluding carboxylic acids is 1. The van der Waals surface area contributed by atoms with Gasteiger partial charge in [-0.1, -0.05) is 18.2 Å². The van der Waals surface area contributed by atoms with Crippen LogP contribution in [0.3, 0.4) is 0 Å². The van der Waals surface area contributed by atoms with Crippen molar-refractivity contribution in [3.05, 3.63) is 82.4 Å². The smallest absolute Gasteiger partial charge is 0.264 e. The van der Waals surface area contributed by atoms with Gasteiger partial charge in [-0.2, -0.15) is 5.10 Å². The monoisotopic (exact) mass is 449 g/mol. The molecule has 1 aliphatic rings. The lowest BCUT2D eigenvalue weighted by Gasteiger charge is -2.34. The zero-order chi connectivity index (χ0) is 22.1. The van der Waals surface area contributed by atoms with Crippen LogP contribution in [0.4, 0.5) is 4.39 Å². The van der Waals surface area contributed by atoms with E-state index in [1.165, 1.54) is 23.5 Å². The SMILES string of the molecule is Cc1nn(Cc2ccc(F)cc2)c2sc(C(=O)N3CCN(Cc4ccccn4)CC3)cc12. The van der Waals surface area contributed by atoms with E-state index in [1.54, 1.807) is 12.1 Å². The number of nitrogens with zero attached hydrogens (tertiary/aromatic N) is 5. The standard InChI is InChI=1S/C24H24FN5OS/c1-17-21-14-22(32-24(21)30(27-17)15-18-5-7-19(25)8-6-18)23(31)29-12-10-28(11-13-29)16-20-4-2-3-9-26-20/h2-9,14H,10-13,15-16H2,1H3. The molecule has 4 aromatic rings. The highest BCUT2D eigenvalue weighted by Crippen LogP contribution is 2.30. The minimum absolute atomic E-state index is 0.0800. The van der Waals surface area contributed by atoms with Crippen LogP contribution in [0.15, 0.2) is 54.7 Å². The number of aromatic nitrogens is 3. The van der Waals surface area contributed by atoms with Crippen molar-refractivity contribution in [1.29, 1.82) is 0 Å². The molecule has 0 N–H and O–H groups in total. The fourth-order valence-electron chi connectivity index (χ4n) is 4.07. The van der Waals surface area contributed by atoms with E-state index in [-0.39, 0.29) is 11.7 Å². The van der Waals surface area contributed by atoms with Crippen LogP contribution < -0.4 is 0 Å². The van der Waals surface area contributed by atoms with Crippen LogP contribution in [0.5, 0.6) is 0 Å². The van der Waals surface area contributed by atoms with Crippen LogP contribution in [0, 0.1) is 12.7 Å². The lowest BCUT2D eigenvalue weighted by Crippen LogP contribution is -2.48. The van der Waals surface area contributed by atoms with Gasteiger partial charge in [-0.25, -0.2) is 4.39 Å². The predicted molar refractivity (Wildman–Crippen MR) is 123 cm³/mol. The highest BCUT2D eigenvalue weighted by Gasteiger charge is 2.25. The number of thiophene rings is 1. The van der Waals surface area contributed by atoms with Crippen LogP contribution in [0.25, 0.3) is 10.2 Å². The topological polar surface area (TPSA) is 54.3 Å². The largest absolute Gasteiger partial charge is 0.335 e. The molecular weight excluding hydrogens is 425 g/mol. The first-order valence-electron chi connectivity index (χ1n) is 10.7. The average molecular weight is 450 g/mol. The Kier molecular flexibility index (Phi) is 5.71. The summed E-state index contributed by atoms with van der Waals surface area (Å²) in [5, 5.41) is 5.63. The molecule has 0 bridgehead atoms. The lowest BCUT2D eigenvalue weighted by molar-refractivity contribution is 0.0632. The molecule has 1 aromatic carbocycles. The maximum atomic E-state index is 13.2. The molecule has 4 heterocycles. The second-order valence-electron chi connectivity index (χ2n) is 8.09. The number of benzene rings is 1. The summed E-state index contributed by atoms with van der Waals surface area (Å²) in [7, 11) is 0. The minimum Gasteiger partial charge on any atom is -0.335 e. The van der Waals surface area contributed by atoms with Crippen molar-refractivity contribution in [2.75, 3.05) is 26.2 Å². The quantitative estimate of drug-likeness (QED) is 0.463. The van der Waals surface area contributed by atoms with Crippen molar-refractivity contribution >= 4 is 27.5 Å². The number of aryl methyl sites for hydroxylation is 1. The Morgan fingerprint density at radius 3 is 2.56 bits per heavy atom. The maximum absolute atomic E-state index is 13.2. The van der Waals surface area contributed by atoms with Gasteiger partial charge in [0.15, 0.2) is 0 Å². The third-order valence-corrected chi connectivity index (χ3v) is 6.97. The van der Waals surface area contributed by atoms with Crippen LogP contribution in [0.2, 0.25) is 0 Å². The summed E-state index contributed by atoms with van der Waals surface area (Å²) >= 11 is 1.48. The minimum atomic E-state index is -0.250. The van der Waals surface area contributed by atoms with Crippen LogP contribution in [0.1, 0.15) is 26.6 Å². The van der Waals surface area contributed by atoms with E-state index in [0.29, 0.717) is 19.6 Å². The molecule has 164 valence electrons. The Labute approximate surface area is 189 Å². The molecular formula is C24H24FN5OS. The van der Waals surface area contributed by atoms with Gasteiger partial charge in [0.05, 0.1) is 22.8 Å². The summed E-state index contributed by atoms with van der Waals surface area (Å²) in [6.07, 6.45) is 1.82. The third-order valence-electron chi connectivity index (χ3n) is 5.84. The second kappa shape index (κ2) is 8.80. The molecule has 8 heteroatoms. The van der Waals surface area contributed by atoms with Gasteiger partial charge in [0.1, 0.15) is 10.6 Å². The van der Waals surface area contributed by atoms with Crippen molar-refractivity contribution < 1.29 is 9.18 Å². The Bertz CT molecular complexity index is 1230. The Morgan fingerprint density at radius 2 is 1.84 bits per heavy atom. The van der Waals surface area contributed by atoms with E-state index < -0.39 is 0 Å². The van der Waals surface area contributed by atoms with Gasteiger partial charge < -0.3 is 4.90 Å². The molecule has 0 atom stereocenters. The first-order valence-corrected chi connectivity index (χ1v) is 11.5. The number of carbonyl (C=O) groups is 1. The Morgan fingerprint density at radius 1 is 1.06 bits per heavy atom. The normalized spacial score (nSPS) is 14.9. The number of hydrogen-bond donors (Lipinski definition) is 0. The van der Waals surface area contributed by atoms with E-state index >= 15 is 0 Å². The molecule has 0 radical (unpaired) electrons. The van der Waals surface area contributed by atoms with E-state index in [4.69, 9.17) is 0 Å². The van der Waals surface area contributed by atoms with E-state index in [2.05, 4.69) is 15.0 Å². The summed E-state index contributed by atoms with van der Waals surface area (Å²) in [6, 6.07) is 14.4. The van der Waals surface area contributed by atoms with Crippen LogP contribution >= 0.6 is 11.3 Å². The highest BCUT2D eigenvalue weighted by atomic mass is 32.1. The van der Waals surface area contributed by atoms with Crippen molar-refractivity contribution in [2.24, 2.45) is 0 Å². The van der Waals surface area contributed by atoms with E-state index in [0.717, 1.165) is 51.7 Å². The molecule has 0 saturated carbocycles. The van der Waals surface area contributed by atoms with Crippen molar-refractivity contribution in [1.82, 2.24) is 24.6 Å². The summed E-state index contributed by atoms with van der Waals surface area (Å²) in [5.41, 5.74) is 2.93. The molecule has 32 heavy (non-hydrogen) atoms. The van der Waals surface area contributed by atoms with Gasteiger partial charge in [-0.05, 0) is 42.8 Å². The van der Waals surface area contributed by atoms with Crippen LogP contribution in [-0.2, 0) is 13.1 Å². The molecule has 3 aromatic heterocycles. The molecule has 0 aliphatic carbocycles. The number of rotatable bonds is 5. The maximum Gasteiger partial charge on any atom is 0.264 e. The molecule has 5 rings (SSSR count). The molecule has 1 saturated heterocycles. The highest BCUT2D eigenvalue weighted by molar-refractivity contribution is 7.20. The Balaban J connectivity index is 1.27. The van der Waals surface area contributed by atoms with Crippen molar-refractivity contribution in [3.8, 4) is 0 Å². The Hall–Kier alpha value is -3.10. The summed E-state index contributed by atoms with van der Waals surface area (Å²) < 4.78 is 15.1. The third kappa shape index (κ3) is 4.28. The summed E-state index contributed by atoms with van der Waals surface area (Å²) in [5.74, 6) is -0.170. The zero-order valence-electron chi connectivity index (χ0n) is 17.9. The zero-order valence-corrected chi connectivity index (χ0v) is 18.7. The lowest BCUT2D eigenvalue weighted by atomic mass is 10.2. The molecule has 1 fully saturated rings. The number of hydrogen-bond acceptors (Lipinski definition) is 5. The van der Waals surface area contributed by atoms with Gasteiger partial charge >= 0.3 is 0 Å². The predicted octanol–water partition coefficient (Wildman–Crippen LogP) is 3.95. The number of amides is 1. The first-order chi connectivity index (χ1) is 15.6. The van der Waals surface area contributed by atoms with Gasteiger partial charge in [-0.15, -0.1) is 11.3 Å². The molecule has 1 amide bonds. The summed E-state index contributed by atoms with van der Waals surface area (Å²) in [4.78, 5) is 23.6. The first kappa shape index (κ1) is 20.8. The van der Waals surface area contributed by atoms with Gasteiger partial charge in [0.2, 0.25) is 0 Å². The van der Waals surface area contributed by atoms with Crippen molar-refractivity contribution in [2.45, 2.75) is 20.0 Å². The van der Waals surface area contributed by atoms with E-state index in [1.807, 2.05) is 47.0 Å². The van der Waals surface area contributed by atoms with Gasteiger partial charge in [0, 0.05) is 44.3 Å². The van der Waals surface area contributed by atoms with Crippen molar-refractivity contribution in [3.63, 3.8) is 0 Å². The molecule has 0 unspecified atom stereocenters. The second-order valence-corrected chi connectivity index (χ2v) is 9.12. The molecule has 1 aliphatic heterocycles. The molecule has 6 nitrogen and oxygen atoms in total. The van der Waals surface area contributed by atoms with Gasteiger partial charge in [0.25, 0.3) is 5.91 Å². The fraction of sp³-hybridized carbons (Fsp3) is 0.292.